The molecule has 0 spiro atoms. The molecule has 0 aromatic carbocycles. The van der Waals surface area contributed by atoms with Gasteiger partial charge in [0, 0.05) is 32.4 Å². The summed E-state index contributed by atoms with van der Waals surface area (Å²) in [6.45, 7) is 1.68. The molecule has 1 N–H and O–H groups in total. The summed E-state index contributed by atoms with van der Waals surface area (Å²) in [7, 11) is 0. The van der Waals surface area contributed by atoms with Crippen molar-refractivity contribution >= 4 is 29.3 Å². The minimum Gasteiger partial charge on any atom is -0.481 e. The van der Waals surface area contributed by atoms with Crippen LogP contribution in [0.3, 0.4) is 0 Å². The highest BCUT2D eigenvalue weighted by Crippen LogP contribution is 2.40. The maximum absolute atomic E-state index is 12.7. The number of rotatable bonds is 3. The molecule has 0 unspecified atom stereocenters. The molecule has 1 aliphatic carbocycles. The Morgan fingerprint density at radius 2 is 1.92 bits per heavy atom. The maximum atomic E-state index is 12.7. The van der Waals surface area contributed by atoms with Gasteiger partial charge in [0.15, 0.2) is 0 Å². The molecule has 1 aromatic heterocycles. The lowest BCUT2D eigenvalue weighted by atomic mass is 10.2. The molecular formula is C16H17ClF3N3O3. The van der Waals surface area contributed by atoms with Crippen molar-refractivity contribution in [3.8, 4) is 0 Å². The number of alkyl halides is 3. The van der Waals surface area contributed by atoms with Crippen LogP contribution < -0.4 is 4.90 Å². The van der Waals surface area contributed by atoms with Crippen molar-refractivity contribution in [2.75, 3.05) is 31.1 Å². The molecule has 1 aliphatic heterocycles. The van der Waals surface area contributed by atoms with E-state index in [1.165, 1.54) is 0 Å². The second-order valence-electron chi connectivity index (χ2n) is 6.48. The highest BCUT2D eigenvalue weighted by molar-refractivity contribution is 6.33. The van der Waals surface area contributed by atoms with E-state index in [-0.39, 0.29) is 16.7 Å². The molecule has 0 bridgehead atoms. The summed E-state index contributed by atoms with van der Waals surface area (Å²) in [5.74, 6) is -1.95. The van der Waals surface area contributed by atoms with Crippen LogP contribution in [-0.4, -0.2) is 53.0 Å². The van der Waals surface area contributed by atoms with Crippen molar-refractivity contribution in [3.63, 3.8) is 0 Å². The molecule has 1 aromatic rings. The second kappa shape index (κ2) is 6.94. The van der Waals surface area contributed by atoms with E-state index < -0.39 is 29.5 Å². The molecule has 10 heteroatoms. The fourth-order valence-corrected chi connectivity index (χ4v) is 3.43. The molecule has 6 nitrogen and oxygen atoms in total. The van der Waals surface area contributed by atoms with Crippen LogP contribution in [0.2, 0.25) is 5.02 Å². The standard InChI is InChI=1S/C16H17ClF3N3O3/c17-12-6-9(16(18,19)20)8-21-13(12)22-2-1-3-23(5-4-22)14(24)10-7-11(10)15(25)26/h6,8,10-11H,1-5,7H2,(H,25,26)/t10-,11+/m0/s1. The highest BCUT2D eigenvalue weighted by atomic mass is 35.5. The molecule has 2 fully saturated rings. The maximum Gasteiger partial charge on any atom is 0.417 e. The van der Waals surface area contributed by atoms with Crippen molar-refractivity contribution in [2.45, 2.75) is 19.0 Å². The number of amides is 1. The highest BCUT2D eigenvalue weighted by Gasteiger charge is 2.49. The molecule has 0 radical (unpaired) electrons. The Morgan fingerprint density at radius 3 is 2.50 bits per heavy atom. The van der Waals surface area contributed by atoms with Crippen molar-refractivity contribution in [1.82, 2.24) is 9.88 Å². The Morgan fingerprint density at radius 1 is 1.19 bits per heavy atom. The summed E-state index contributed by atoms with van der Waals surface area (Å²) in [6, 6.07) is 0.847. The van der Waals surface area contributed by atoms with Gasteiger partial charge in [-0.1, -0.05) is 11.6 Å². The fraction of sp³-hybridized carbons (Fsp3) is 0.562. The minimum atomic E-state index is -4.51. The van der Waals surface area contributed by atoms with Crippen molar-refractivity contribution in [1.29, 1.82) is 0 Å². The minimum absolute atomic E-state index is 0.0901. The van der Waals surface area contributed by atoms with Crippen LogP contribution in [0.4, 0.5) is 19.0 Å². The topological polar surface area (TPSA) is 73.7 Å². The molecule has 1 saturated carbocycles. The number of aliphatic carboxylic acids is 1. The Labute approximate surface area is 152 Å². The molecule has 1 amide bonds. The van der Waals surface area contributed by atoms with E-state index in [2.05, 4.69) is 4.98 Å². The lowest BCUT2D eigenvalue weighted by molar-refractivity contribution is -0.141. The van der Waals surface area contributed by atoms with Gasteiger partial charge in [-0.05, 0) is 18.9 Å². The fourth-order valence-electron chi connectivity index (χ4n) is 3.14. The Hall–Kier alpha value is -2.03. The molecular weight excluding hydrogens is 375 g/mol. The Balaban J connectivity index is 1.66. The van der Waals surface area contributed by atoms with Gasteiger partial charge in [-0.25, -0.2) is 4.98 Å². The number of pyridine rings is 1. The van der Waals surface area contributed by atoms with E-state index >= 15 is 0 Å². The predicted molar refractivity (Wildman–Crippen MR) is 86.9 cm³/mol. The number of halogens is 4. The van der Waals surface area contributed by atoms with Gasteiger partial charge in [-0.2, -0.15) is 13.2 Å². The number of nitrogens with zero attached hydrogens (tertiary/aromatic N) is 3. The van der Waals surface area contributed by atoms with Crippen molar-refractivity contribution < 1.29 is 27.9 Å². The number of aromatic nitrogens is 1. The lowest BCUT2D eigenvalue weighted by Gasteiger charge is -2.24. The summed E-state index contributed by atoms with van der Waals surface area (Å²) in [5.41, 5.74) is -0.911. The molecule has 2 aliphatic rings. The summed E-state index contributed by atoms with van der Waals surface area (Å²) in [5, 5.41) is 8.86. The van der Waals surface area contributed by atoms with Crippen LogP contribution in [0.25, 0.3) is 0 Å². The van der Waals surface area contributed by atoms with Crippen LogP contribution in [-0.2, 0) is 15.8 Å². The van der Waals surface area contributed by atoms with E-state index in [1.807, 2.05) is 0 Å². The summed E-state index contributed by atoms with van der Waals surface area (Å²) in [6.07, 6.45) is -2.81. The monoisotopic (exact) mass is 391 g/mol. The number of hydrogen-bond donors (Lipinski definition) is 1. The first kappa shape index (κ1) is 18.8. The third-order valence-corrected chi connectivity index (χ3v) is 4.96. The average molecular weight is 392 g/mol. The Kier molecular flexibility index (Phi) is 5.01. The first-order valence-electron chi connectivity index (χ1n) is 8.17. The van der Waals surface area contributed by atoms with E-state index in [4.69, 9.17) is 16.7 Å². The quantitative estimate of drug-likeness (QED) is 0.857. The summed E-state index contributed by atoms with van der Waals surface area (Å²) < 4.78 is 38.2. The number of hydrogen-bond acceptors (Lipinski definition) is 4. The number of carbonyl (C=O) groups is 2. The molecule has 142 valence electrons. The number of carboxylic acids is 1. The predicted octanol–water partition coefficient (Wildman–Crippen LogP) is 2.51. The van der Waals surface area contributed by atoms with Crippen LogP contribution in [0, 0.1) is 11.8 Å². The van der Waals surface area contributed by atoms with Gasteiger partial charge in [0.2, 0.25) is 5.91 Å². The summed E-state index contributed by atoms with van der Waals surface area (Å²) >= 11 is 5.99. The second-order valence-corrected chi connectivity index (χ2v) is 6.89. The SMILES string of the molecule is O=C(O)[C@@H]1C[C@@H]1C(=O)N1CCCN(c2ncc(C(F)(F)F)cc2Cl)CC1. The average Bonchev–Trinajstić information content (AvgIpc) is 3.37. The molecule has 26 heavy (non-hydrogen) atoms. The number of carboxylic acid groups (broad SMARTS) is 1. The van der Waals surface area contributed by atoms with Gasteiger partial charge < -0.3 is 14.9 Å². The van der Waals surface area contributed by atoms with Gasteiger partial charge >= 0.3 is 12.1 Å². The van der Waals surface area contributed by atoms with Crippen LogP contribution in [0.15, 0.2) is 12.3 Å². The van der Waals surface area contributed by atoms with Crippen LogP contribution >= 0.6 is 11.6 Å². The van der Waals surface area contributed by atoms with Crippen LogP contribution in [0.1, 0.15) is 18.4 Å². The van der Waals surface area contributed by atoms with Gasteiger partial charge in [0.25, 0.3) is 0 Å². The van der Waals surface area contributed by atoms with Gasteiger partial charge in [-0.15, -0.1) is 0 Å². The first-order chi connectivity index (χ1) is 12.2. The zero-order valence-electron chi connectivity index (χ0n) is 13.7. The largest absolute Gasteiger partial charge is 0.481 e. The van der Waals surface area contributed by atoms with Gasteiger partial charge in [0.05, 0.1) is 22.4 Å². The van der Waals surface area contributed by atoms with E-state index in [9.17, 15) is 22.8 Å². The lowest BCUT2D eigenvalue weighted by Crippen LogP contribution is -2.37. The van der Waals surface area contributed by atoms with E-state index in [1.54, 1.807) is 9.80 Å². The van der Waals surface area contributed by atoms with Crippen molar-refractivity contribution in [3.05, 3.63) is 22.8 Å². The van der Waals surface area contributed by atoms with Crippen molar-refractivity contribution in [2.24, 2.45) is 11.8 Å². The van der Waals surface area contributed by atoms with Crippen LogP contribution in [0.5, 0.6) is 0 Å². The number of carbonyl (C=O) groups excluding carboxylic acids is 1. The Bertz CT molecular complexity index is 728. The first-order valence-corrected chi connectivity index (χ1v) is 8.55. The smallest absolute Gasteiger partial charge is 0.417 e. The van der Waals surface area contributed by atoms with E-state index in [0.717, 1.165) is 12.3 Å². The number of anilines is 1. The summed E-state index contributed by atoms with van der Waals surface area (Å²) in [4.78, 5) is 30.5. The molecule has 2 heterocycles. The van der Waals surface area contributed by atoms with Gasteiger partial charge in [0.1, 0.15) is 5.82 Å². The molecule has 1 saturated heterocycles. The molecule has 2 atom stereocenters. The third kappa shape index (κ3) is 3.87. The normalized spacial score (nSPS) is 23.5. The zero-order chi connectivity index (χ0) is 19.1. The zero-order valence-corrected chi connectivity index (χ0v) is 14.4. The molecule has 3 rings (SSSR count). The van der Waals surface area contributed by atoms with Gasteiger partial charge in [-0.3, -0.25) is 9.59 Å². The van der Waals surface area contributed by atoms with E-state index in [0.29, 0.717) is 39.0 Å². The third-order valence-electron chi connectivity index (χ3n) is 4.68.